The monoisotopic (exact) mass is 245 g/mol. The second-order valence-corrected chi connectivity index (χ2v) is 4.16. The average molecular weight is 245 g/mol. The second-order valence-electron chi connectivity index (χ2n) is 4.16. The predicted molar refractivity (Wildman–Crippen MR) is 67.1 cm³/mol. The standard InChI is InChI=1S/C13H15N3O2/c1-9-11(3-4-12(17)18)15-13(16(9)2)10-5-7-14-8-6-10/h5-8H,3-4H2,1-2H3,(H,17,18). The van der Waals surface area contributed by atoms with Crippen LogP contribution in [-0.2, 0) is 18.3 Å². The summed E-state index contributed by atoms with van der Waals surface area (Å²) < 4.78 is 1.98. The molecule has 2 rings (SSSR count). The third kappa shape index (κ3) is 2.40. The Kier molecular flexibility index (Phi) is 3.41. The molecular formula is C13H15N3O2. The number of hydrogen-bond donors (Lipinski definition) is 1. The molecule has 5 nitrogen and oxygen atoms in total. The fourth-order valence-corrected chi connectivity index (χ4v) is 1.86. The first-order chi connectivity index (χ1) is 8.59. The van der Waals surface area contributed by atoms with Gasteiger partial charge in [0.2, 0.25) is 0 Å². The number of aryl methyl sites for hydroxylation is 1. The average Bonchev–Trinajstić information content (AvgIpc) is 2.65. The van der Waals surface area contributed by atoms with Crippen molar-refractivity contribution in [3.05, 3.63) is 35.9 Å². The number of carbonyl (C=O) groups is 1. The Labute approximate surface area is 105 Å². The first-order valence-corrected chi connectivity index (χ1v) is 5.74. The number of aliphatic carboxylic acids is 1. The molecule has 0 saturated heterocycles. The van der Waals surface area contributed by atoms with Crippen molar-refractivity contribution in [2.24, 2.45) is 7.05 Å². The summed E-state index contributed by atoms with van der Waals surface area (Å²) in [4.78, 5) is 19.1. The highest BCUT2D eigenvalue weighted by atomic mass is 16.4. The zero-order chi connectivity index (χ0) is 13.1. The first-order valence-electron chi connectivity index (χ1n) is 5.74. The SMILES string of the molecule is Cc1c(CCC(=O)O)nc(-c2ccncc2)n1C. The lowest BCUT2D eigenvalue weighted by atomic mass is 10.2. The Morgan fingerprint density at radius 1 is 1.39 bits per heavy atom. The van der Waals surface area contributed by atoms with Gasteiger partial charge in [-0.25, -0.2) is 4.98 Å². The number of aromatic nitrogens is 3. The van der Waals surface area contributed by atoms with E-state index in [2.05, 4.69) is 9.97 Å². The number of pyridine rings is 1. The number of imidazole rings is 1. The molecule has 2 aromatic rings. The van der Waals surface area contributed by atoms with Crippen LogP contribution in [0.2, 0.25) is 0 Å². The molecule has 0 bridgehead atoms. The lowest BCUT2D eigenvalue weighted by molar-refractivity contribution is -0.136. The third-order valence-corrected chi connectivity index (χ3v) is 2.99. The maximum absolute atomic E-state index is 10.6. The summed E-state index contributed by atoms with van der Waals surface area (Å²) in [5.74, 6) is 0.0424. The van der Waals surface area contributed by atoms with Crippen LogP contribution in [-0.4, -0.2) is 25.6 Å². The lowest BCUT2D eigenvalue weighted by Gasteiger charge is -2.02. The summed E-state index contributed by atoms with van der Waals surface area (Å²) in [5.41, 5.74) is 2.83. The van der Waals surface area contributed by atoms with Gasteiger partial charge in [-0.2, -0.15) is 0 Å². The van der Waals surface area contributed by atoms with Crippen LogP contribution in [0.4, 0.5) is 0 Å². The zero-order valence-electron chi connectivity index (χ0n) is 10.4. The number of rotatable bonds is 4. The van der Waals surface area contributed by atoms with Crippen LogP contribution in [0.1, 0.15) is 17.8 Å². The topological polar surface area (TPSA) is 68.0 Å². The van der Waals surface area contributed by atoms with Crippen molar-refractivity contribution in [3.63, 3.8) is 0 Å². The van der Waals surface area contributed by atoms with Gasteiger partial charge in [0.15, 0.2) is 0 Å². The first kappa shape index (κ1) is 12.3. The maximum atomic E-state index is 10.6. The fraction of sp³-hybridized carbons (Fsp3) is 0.308. The van der Waals surface area contributed by atoms with E-state index in [-0.39, 0.29) is 6.42 Å². The second kappa shape index (κ2) is 5.00. The molecule has 0 amide bonds. The quantitative estimate of drug-likeness (QED) is 0.892. The van der Waals surface area contributed by atoms with Crippen LogP contribution in [0.25, 0.3) is 11.4 Å². The van der Waals surface area contributed by atoms with Crippen LogP contribution in [0.3, 0.4) is 0 Å². The number of carboxylic acid groups (broad SMARTS) is 1. The molecule has 0 unspecified atom stereocenters. The van der Waals surface area contributed by atoms with Gasteiger partial charge in [0.1, 0.15) is 5.82 Å². The number of carboxylic acids is 1. The van der Waals surface area contributed by atoms with Crippen molar-refractivity contribution in [2.45, 2.75) is 19.8 Å². The molecule has 0 fully saturated rings. The van der Waals surface area contributed by atoms with Crippen LogP contribution >= 0.6 is 0 Å². The minimum absolute atomic E-state index is 0.105. The summed E-state index contributed by atoms with van der Waals surface area (Å²) in [6.07, 6.45) is 4.00. The van der Waals surface area contributed by atoms with Gasteiger partial charge < -0.3 is 9.67 Å². The van der Waals surface area contributed by atoms with E-state index in [9.17, 15) is 4.79 Å². The van der Waals surface area contributed by atoms with Gasteiger partial charge in [-0.3, -0.25) is 9.78 Å². The molecule has 0 atom stereocenters. The largest absolute Gasteiger partial charge is 0.481 e. The molecule has 0 radical (unpaired) electrons. The van der Waals surface area contributed by atoms with E-state index >= 15 is 0 Å². The van der Waals surface area contributed by atoms with Crippen molar-refractivity contribution in [1.82, 2.24) is 14.5 Å². The van der Waals surface area contributed by atoms with Crippen LogP contribution in [0, 0.1) is 6.92 Å². The molecule has 0 spiro atoms. The van der Waals surface area contributed by atoms with Gasteiger partial charge in [0.05, 0.1) is 12.1 Å². The Morgan fingerprint density at radius 3 is 2.67 bits per heavy atom. The van der Waals surface area contributed by atoms with Gasteiger partial charge >= 0.3 is 5.97 Å². The molecule has 1 N–H and O–H groups in total. The van der Waals surface area contributed by atoms with Crippen molar-refractivity contribution in [3.8, 4) is 11.4 Å². The van der Waals surface area contributed by atoms with Crippen molar-refractivity contribution in [1.29, 1.82) is 0 Å². The fourth-order valence-electron chi connectivity index (χ4n) is 1.86. The van der Waals surface area contributed by atoms with E-state index in [1.54, 1.807) is 12.4 Å². The minimum Gasteiger partial charge on any atom is -0.481 e. The summed E-state index contributed by atoms with van der Waals surface area (Å²) in [5, 5.41) is 8.72. The minimum atomic E-state index is -0.800. The highest BCUT2D eigenvalue weighted by molar-refractivity contribution is 5.67. The van der Waals surface area contributed by atoms with Crippen molar-refractivity contribution in [2.75, 3.05) is 0 Å². The van der Waals surface area contributed by atoms with Gasteiger partial charge in [0.25, 0.3) is 0 Å². The zero-order valence-corrected chi connectivity index (χ0v) is 10.4. The molecule has 94 valence electrons. The smallest absolute Gasteiger partial charge is 0.303 e. The Hall–Kier alpha value is -2.17. The summed E-state index contributed by atoms with van der Waals surface area (Å²) in [6, 6.07) is 3.78. The molecule has 0 aliphatic carbocycles. The van der Waals surface area contributed by atoms with Gasteiger partial charge in [-0.1, -0.05) is 0 Å². The molecule has 0 aromatic carbocycles. The Balaban J connectivity index is 2.33. The van der Waals surface area contributed by atoms with Crippen LogP contribution in [0.5, 0.6) is 0 Å². The third-order valence-electron chi connectivity index (χ3n) is 2.99. The molecular weight excluding hydrogens is 230 g/mol. The number of nitrogens with zero attached hydrogens (tertiary/aromatic N) is 3. The van der Waals surface area contributed by atoms with E-state index in [1.807, 2.05) is 30.7 Å². The molecule has 5 heteroatoms. The molecule has 0 aliphatic rings. The van der Waals surface area contributed by atoms with E-state index in [1.165, 1.54) is 0 Å². The molecule has 2 aromatic heterocycles. The molecule has 0 saturated carbocycles. The lowest BCUT2D eigenvalue weighted by Crippen LogP contribution is -1.99. The van der Waals surface area contributed by atoms with E-state index < -0.39 is 5.97 Å². The maximum Gasteiger partial charge on any atom is 0.303 e. The molecule has 18 heavy (non-hydrogen) atoms. The van der Waals surface area contributed by atoms with Gasteiger partial charge in [-0.15, -0.1) is 0 Å². The Bertz CT molecular complexity index is 561. The highest BCUT2D eigenvalue weighted by Gasteiger charge is 2.13. The van der Waals surface area contributed by atoms with Gasteiger partial charge in [-0.05, 0) is 19.1 Å². The van der Waals surface area contributed by atoms with Crippen molar-refractivity contribution < 1.29 is 9.90 Å². The van der Waals surface area contributed by atoms with E-state index in [0.29, 0.717) is 6.42 Å². The summed E-state index contributed by atoms with van der Waals surface area (Å²) in [7, 11) is 1.93. The normalized spacial score (nSPS) is 10.6. The van der Waals surface area contributed by atoms with E-state index in [0.717, 1.165) is 22.8 Å². The Morgan fingerprint density at radius 2 is 2.06 bits per heavy atom. The summed E-state index contributed by atoms with van der Waals surface area (Å²) >= 11 is 0. The van der Waals surface area contributed by atoms with E-state index in [4.69, 9.17) is 5.11 Å². The molecule has 0 aliphatic heterocycles. The predicted octanol–water partition coefficient (Wildman–Crippen LogP) is 1.81. The van der Waals surface area contributed by atoms with Crippen LogP contribution in [0.15, 0.2) is 24.5 Å². The highest BCUT2D eigenvalue weighted by Crippen LogP contribution is 2.21. The molecule has 2 heterocycles. The van der Waals surface area contributed by atoms with Crippen LogP contribution < -0.4 is 0 Å². The van der Waals surface area contributed by atoms with Crippen molar-refractivity contribution >= 4 is 5.97 Å². The number of hydrogen-bond acceptors (Lipinski definition) is 3. The summed E-state index contributed by atoms with van der Waals surface area (Å²) in [6.45, 7) is 1.95. The van der Waals surface area contributed by atoms with Gasteiger partial charge in [0, 0.05) is 37.1 Å².